The number of amides is 1. The second kappa shape index (κ2) is 11.6. The normalized spacial score (nSPS) is 11.1. The van der Waals surface area contributed by atoms with Crippen molar-refractivity contribution in [2.45, 2.75) is 20.5 Å². The Bertz CT molecular complexity index is 1470. The Hall–Kier alpha value is -4.08. The van der Waals surface area contributed by atoms with Crippen LogP contribution < -0.4 is 14.8 Å². The van der Waals surface area contributed by atoms with E-state index in [1.165, 1.54) is 6.08 Å². The third kappa shape index (κ3) is 5.76. The van der Waals surface area contributed by atoms with Crippen LogP contribution >= 0.6 is 15.9 Å². The minimum Gasteiger partial charge on any atom is -0.490 e. The van der Waals surface area contributed by atoms with Crippen LogP contribution in [0.25, 0.3) is 16.8 Å². The van der Waals surface area contributed by atoms with Crippen LogP contribution in [0.5, 0.6) is 11.5 Å². The van der Waals surface area contributed by atoms with Gasteiger partial charge in [0, 0.05) is 11.3 Å². The predicted molar refractivity (Wildman–Crippen MR) is 147 cm³/mol. The number of halogens is 1. The fourth-order valence-corrected chi connectivity index (χ4v) is 4.46. The zero-order valence-corrected chi connectivity index (χ0v) is 21.6. The number of ether oxygens (including phenoxy) is 2. The van der Waals surface area contributed by atoms with Gasteiger partial charge in [0.2, 0.25) is 0 Å². The first-order valence-corrected chi connectivity index (χ1v) is 12.3. The summed E-state index contributed by atoms with van der Waals surface area (Å²) in [6.45, 7) is 4.76. The molecule has 180 valence electrons. The third-order valence-corrected chi connectivity index (χ3v) is 6.26. The van der Waals surface area contributed by atoms with E-state index in [1.54, 1.807) is 24.3 Å². The standard InChI is InChI=1S/C30H25BrN2O3/c1-3-35-28-17-21(15-23(18-32)30(34)33-24-10-5-4-6-11-24)16-27(31)29(28)36-19-26-20(2)13-14-22-9-7-8-12-25(22)26/h4-17H,3,19H2,1-2H3,(H,33,34)/b23-15+. The number of carbonyl (C=O) groups is 1. The SMILES string of the molecule is CCOc1cc(/C=C(\C#N)C(=O)Nc2ccccc2)cc(Br)c1OCc1c(C)ccc2ccccc12. The van der Waals surface area contributed by atoms with E-state index >= 15 is 0 Å². The number of nitriles is 1. The van der Waals surface area contributed by atoms with Crippen LogP contribution in [0.3, 0.4) is 0 Å². The number of aryl methyl sites for hydroxylation is 1. The van der Waals surface area contributed by atoms with Crippen LogP contribution in [-0.2, 0) is 11.4 Å². The molecular formula is C30H25BrN2O3. The number of rotatable bonds is 8. The summed E-state index contributed by atoms with van der Waals surface area (Å²) in [6.07, 6.45) is 1.53. The summed E-state index contributed by atoms with van der Waals surface area (Å²) in [5.41, 5.74) is 3.49. The lowest BCUT2D eigenvalue weighted by atomic mass is 10.0. The van der Waals surface area contributed by atoms with Crippen molar-refractivity contribution in [1.29, 1.82) is 5.26 Å². The molecule has 4 aromatic carbocycles. The number of fused-ring (bicyclic) bond motifs is 1. The van der Waals surface area contributed by atoms with Crippen molar-refractivity contribution in [3.05, 3.63) is 106 Å². The van der Waals surface area contributed by atoms with Crippen molar-refractivity contribution in [2.75, 3.05) is 11.9 Å². The zero-order chi connectivity index (χ0) is 25.5. The predicted octanol–water partition coefficient (Wildman–Crippen LogP) is 7.43. The van der Waals surface area contributed by atoms with Crippen molar-refractivity contribution < 1.29 is 14.3 Å². The molecule has 6 heteroatoms. The minimum atomic E-state index is -0.482. The Labute approximate surface area is 219 Å². The molecule has 0 atom stereocenters. The molecule has 0 radical (unpaired) electrons. The van der Waals surface area contributed by atoms with Crippen molar-refractivity contribution in [3.63, 3.8) is 0 Å². The molecule has 0 saturated carbocycles. The van der Waals surface area contributed by atoms with Gasteiger partial charge in [0.15, 0.2) is 11.5 Å². The molecule has 36 heavy (non-hydrogen) atoms. The molecule has 1 N–H and O–H groups in total. The van der Waals surface area contributed by atoms with Gasteiger partial charge in [-0.05, 0) is 82.0 Å². The smallest absolute Gasteiger partial charge is 0.266 e. The van der Waals surface area contributed by atoms with Crippen LogP contribution in [-0.4, -0.2) is 12.5 Å². The number of benzene rings is 4. The van der Waals surface area contributed by atoms with Gasteiger partial charge in [-0.15, -0.1) is 0 Å². The second-order valence-electron chi connectivity index (χ2n) is 8.12. The van der Waals surface area contributed by atoms with Crippen LogP contribution in [0, 0.1) is 18.3 Å². The first kappa shape index (κ1) is 25.0. The molecule has 5 nitrogen and oxygen atoms in total. The lowest BCUT2D eigenvalue weighted by Crippen LogP contribution is -2.13. The highest BCUT2D eigenvalue weighted by Gasteiger charge is 2.16. The molecule has 4 aromatic rings. The lowest BCUT2D eigenvalue weighted by Gasteiger charge is -2.17. The van der Waals surface area contributed by atoms with E-state index in [-0.39, 0.29) is 5.57 Å². The molecule has 4 rings (SSSR count). The van der Waals surface area contributed by atoms with Gasteiger partial charge in [0.05, 0.1) is 11.1 Å². The Morgan fingerprint density at radius 2 is 1.78 bits per heavy atom. The first-order chi connectivity index (χ1) is 17.5. The second-order valence-corrected chi connectivity index (χ2v) is 8.98. The largest absolute Gasteiger partial charge is 0.490 e. The third-order valence-electron chi connectivity index (χ3n) is 5.68. The molecular weight excluding hydrogens is 516 g/mol. The molecule has 0 unspecified atom stereocenters. The van der Waals surface area contributed by atoms with Gasteiger partial charge >= 0.3 is 0 Å². The first-order valence-electron chi connectivity index (χ1n) is 11.5. The van der Waals surface area contributed by atoms with Gasteiger partial charge in [-0.2, -0.15) is 5.26 Å². The van der Waals surface area contributed by atoms with E-state index in [0.717, 1.165) is 21.9 Å². The molecule has 0 saturated heterocycles. The van der Waals surface area contributed by atoms with Gasteiger partial charge in [-0.1, -0.05) is 54.6 Å². The zero-order valence-electron chi connectivity index (χ0n) is 20.0. The molecule has 0 bridgehead atoms. The summed E-state index contributed by atoms with van der Waals surface area (Å²) in [5.74, 6) is 0.606. The van der Waals surface area contributed by atoms with Gasteiger partial charge < -0.3 is 14.8 Å². The van der Waals surface area contributed by atoms with E-state index in [2.05, 4.69) is 52.4 Å². The van der Waals surface area contributed by atoms with Crippen LogP contribution in [0.4, 0.5) is 5.69 Å². The summed E-state index contributed by atoms with van der Waals surface area (Å²) in [4.78, 5) is 12.6. The van der Waals surface area contributed by atoms with Crippen molar-refractivity contribution in [2.24, 2.45) is 0 Å². The number of para-hydroxylation sites is 1. The van der Waals surface area contributed by atoms with Gasteiger partial charge in [0.25, 0.3) is 5.91 Å². The Balaban J connectivity index is 1.62. The maximum atomic E-state index is 12.6. The lowest BCUT2D eigenvalue weighted by molar-refractivity contribution is -0.112. The van der Waals surface area contributed by atoms with E-state index in [0.29, 0.717) is 40.4 Å². The maximum Gasteiger partial charge on any atom is 0.266 e. The van der Waals surface area contributed by atoms with Gasteiger partial charge in [0.1, 0.15) is 18.2 Å². The van der Waals surface area contributed by atoms with E-state index in [1.807, 2.05) is 43.3 Å². The van der Waals surface area contributed by atoms with Crippen molar-refractivity contribution in [1.82, 2.24) is 0 Å². The van der Waals surface area contributed by atoms with Crippen molar-refractivity contribution in [3.8, 4) is 17.6 Å². The summed E-state index contributed by atoms with van der Waals surface area (Å²) in [7, 11) is 0. The molecule has 0 aliphatic heterocycles. The van der Waals surface area contributed by atoms with Gasteiger partial charge in [-0.3, -0.25) is 4.79 Å². The highest BCUT2D eigenvalue weighted by Crippen LogP contribution is 2.38. The average Bonchev–Trinajstić information content (AvgIpc) is 2.88. The molecule has 0 aliphatic rings. The molecule has 0 aliphatic carbocycles. The summed E-state index contributed by atoms with van der Waals surface area (Å²) in [6, 6.07) is 27.0. The topological polar surface area (TPSA) is 71.3 Å². The average molecular weight is 541 g/mol. The monoisotopic (exact) mass is 540 g/mol. The van der Waals surface area contributed by atoms with Gasteiger partial charge in [-0.25, -0.2) is 0 Å². The Kier molecular flexibility index (Phi) is 8.04. The summed E-state index contributed by atoms with van der Waals surface area (Å²) >= 11 is 3.59. The number of nitrogens with one attached hydrogen (secondary N) is 1. The highest BCUT2D eigenvalue weighted by molar-refractivity contribution is 9.10. The van der Waals surface area contributed by atoms with Crippen molar-refractivity contribution >= 4 is 44.4 Å². The van der Waals surface area contributed by atoms with E-state index < -0.39 is 5.91 Å². The Morgan fingerprint density at radius 1 is 1.03 bits per heavy atom. The van der Waals surface area contributed by atoms with E-state index in [9.17, 15) is 10.1 Å². The minimum absolute atomic E-state index is 0.0201. The molecule has 0 heterocycles. The summed E-state index contributed by atoms with van der Waals surface area (Å²) < 4.78 is 12.8. The molecule has 1 amide bonds. The molecule has 0 spiro atoms. The van der Waals surface area contributed by atoms with E-state index in [4.69, 9.17) is 9.47 Å². The number of carbonyl (C=O) groups excluding carboxylic acids is 1. The highest BCUT2D eigenvalue weighted by atomic mass is 79.9. The molecule has 0 fully saturated rings. The van der Waals surface area contributed by atoms with Crippen LogP contribution in [0.15, 0.2) is 88.9 Å². The van der Waals surface area contributed by atoms with Crippen LogP contribution in [0.1, 0.15) is 23.6 Å². The molecule has 0 aromatic heterocycles. The summed E-state index contributed by atoms with van der Waals surface area (Å²) in [5, 5.41) is 14.7. The van der Waals surface area contributed by atoms with Crippen LogP contribution in [0.2, 0.25) is 0 Å². The number of anilines is 1. The fourth-order valence-electron chi connectivity index (χ4n) is 3.89. The maximum absolute atomic E-state index is 12.6. The number of hydrogen-bond acceptors (Lipinski definition) is 4. The number of nitrogens with zero attached hydrogens (tertiary/aromatic N) is 1. The quantitative estimate of drug-likeness (QED) is 0.186. The fraction of sp³-hybridized carbons (Fsp3) is 0.133. The number of hydrogen-bond donors (Lipinski definition) is 1. The Morgan fingerprint density at radius 3 is 2.53 bits per heavy atom.